The maximum atomic E-state index is 13.5. The van der Waals surface area contributed by atoms with Gasteiger partial charge in [-0.3, -0.25) is 9.59 Å². The van der Waals surface area contributed by atoms with Gasteiger partial charge in [0.25, 0.3) is 11.5 Å². The molecule has 2 N–H and O–H groups in total. The van der Waals surface area contributed by atoms with E-state index in [1.54, 1.807) is 4.90 Å². The Morgan fingerprint density at radius 1 is 1.30 bits per heavy atom. The topological polar surface area (TPSA) is 99.0 Å². The summed E-state index contributed by atoms with van der Waals surface area (Å²) in [5.74, 6) is -0.963. The number of rotatable bonds is 5. The number of hydrogen-bond acceptors (Lipinski definition) is 5. The molecule has 0 saturated heterocycles. The van der Waals surface area contributed by atoms with Gasteiger partial charge in [0.2, 0.25) is 0 Å². The Kier molecular flexibility index (Phi) is 6.70. The fourth-order valence-corrected chi connectivity index (χ4v) is 5.46. The first-order valence-electron chi connectivity index (χ1n) is 9.54. The Morgan fingerprint density at radius 2 is 2.03 bits per heavy atom. The van der Waals surface area contributed by atoms with Crippen molar-refractivity contribution in [2.45, 2.75) is 25.7 Å². The maximum absolute atomic E-state index is 13.5. The third-order valence-electron chi connectivity index (χ3n) is 5.31. The number of fused-ring (bicyclic) bond motifs is 1. The summed E-state index contributed by atoms with van der Waals surface area (Å²) in [4.78, 5) is 30.5. The normalized spacial score (nSPS) is 14.2. The number of benzene rings is 1. The average Bonchev–Trinajstić information content (AvgIpc) is 3.13. The summed E-state index contributed by atoms with van der Waals surface area (Å²) in [5.41, 5.74) is 5.82. The fourth-order valence-electron chi connectivity index (χ4n) is 3.82. The minimum Gasteiger partial charge on any atom is -0.363 e. The summed E-state index contributed by atoms with van der Waals surface area (Å²) < 4.78 is 43.1. The first-order chi connectivity index (χ1) is 15.6. The largest absolute Gasteiger partial charge is 0.416 e. The standard InChI is InChI=1S/C19H16ClF3IN6O2P/c20-15-14(7-26-30(33-24)18(15)32)28-6-5-13-12(9-28)27-17(16(25)31)29(13)8-10-3-1-2-4-11(10)19(21,22)23/h1-4,7,33H,5-6,8-9H2,(H2,25,31). The number of halogens is 5. The number of nitrogens with two attached hydrogens (primary N) is 1. The molecule has 2 aromatic heterocycles. The van der Waals surface area contributed by atoms with Crippen LogP contribution in [-0.2, 0) is 25.7 Å². The predicted molar refractivity (Wildman–Crippen MR) is 127 cm³/mol. The number of imidazole rings is 1. The van der Waals surface area contributed by atoms with Crippen molar-refractivity contribution >= 4 is 51.6 Å². The highest BCUT2D eigenvalue weighted by molar-refractivity contribution is 14.2. The van der Waals surface area contributed by atoms with Gasteiger partial charge < -0.3 is 15.2 Å². The second-order valence-electron chi connectivity index (χ2n) is 7.25. The van der Waals surface area contributed by atoms with Crippen molar-refractivity contribution in [3.63, 3.8) is 0 Å². The van der Waals surface area contributed by atoms with Gasteiger partial charge >= 0.3 is 6.18 Å². The van der Waals surface area contributed by atoms with Gasteiger partial charge in [0.05, 0.1) is 42.6 Å². The zero-order chi connectivity index (χ0) is 23.9. The van der Waals surface area contributed by atoms with Gasteiger partial charge in [0.1, 0.15) is 5.02 Å². The van der Waals surface area contributed by atoms with Crippen LogP contribution in [0.3, 0.4) is 0 Å². The molecule has 1 aliphatic rings. The summed E-state index contributed by atoms with van der Waals surface area (Å²) in [6, 6.07) is 5.18. The quantitative estimate of drug-likeness (QED) is 0.352. The number of aromatic nitrogens is 4. The summed E-state index contributed by atoms with van der Waals surface area (Å²) in [6.07, 6.45) is -2.59. The van der Waals surface area contributed by atoms with E-state index >= 15 is 0 Å². The molecule has 0 saturated carbocycles. The van der Waals surface area contributed by atoms with Gasteiger partial charge in [0.15, 0.2) is 5.82 Å². The van der Waals surface area contributed by atoms with Crippen LogP contribution in [0.5, 0.6) is 0 Å². The molecule has 3 heterocycles. The molecule has 14 heteroatoms. The van der Waals surface area contributed by atoms with Crippen molar-refractivity contribution in [2.24, 2.45) is 5.73 Å². The van der Waals surface area contributed by atoms with Gasteiger partial charge in [-0.1, -0.05) is 29.8 Å². The van der Waals surface area contributed by atoms with Gasteiger partial charge in [-0.15, -0.1) is 0 Å². The smallest absolute Gasteiger partial charge is 0.363 e. The van der Waals surface area contributed by atoms with Crippen LogP contribution in [0.2, 0.25) is 5.02 Å². The van der Waals surface area contributed by atoms with E-state index in [9.17, 15) is 22.8 Å². The molecule has 1 aliphatic heterocycles. The SMILES string of the molecule is NC(=O)c1nc2c(n1Cc1ccccc1C(F)(F)F)CCN(c1cnn(PI)c(=O)c1Cl)C2. The second-order valence-corrected chi connectivity index (χ2v) is 9.67. The Hall–Kier alpha value is -2.18. The second kappa shape index (κ2) is 9.22. The van der Waals surface area contributed by atoms with E-state index in [-0.39, 0.29) is 35.9 Å². The number of carbonyl (C=O) groups excluding carboxylic acids is 1. The van der Waals surface area contributed by atoms with Crippen LogP contribution in [0.15, 0.2) is 35.3 Å². The molecule has 0 radical (unpaired) electrons. The van der Waals surface area contributed by atoms with E-state index in [1.807, 2.05) is 22.0 Å². The highest BCUT2D eigenvalue weighted by Crippen LogP contribution is 2.34. The number of anilines is 1. The van der Waals surface area contributed by atoms with E-state index in [4.69, 9.17) is 17.3 Å². The molecular weight excluding hydrogens is 595 g/mol. The van der Waals surface area contributed by atoms with Crippen molar-refractivity contribution in [1.29, 1.82) is 0 Å². The third-order valence-corrected chi connectivity index (χ3v) is 7.51. The van der Waals surface area contributed by atoms with Crippen LogP contribution in [0.4, 0.5) is 18.9 Å². The first kappa shape index (κ1) is 24.0. The highest BCUT2D eigenvalue weighted by Gasteiger charge is 2.34. The molecule has 3 aromatic rings. The monoisotopic (exact) mass is 610 g/mol. The van der Waals surface area contributed by atoms with Crippen molar-refractivity contribution in [1.82, 2.24) is 19.1 Å². The molecule has 174 valence electrons. The third kappa shape index (κ3) is 4.60. The fraction of sp³-hybridized carbons (Fsp3) is 0.263. The number of nitrogens with zero attached hydrogens (tertiary/aromatic N) is 5. The molecule has 0 spiro atoms. The zero-order valence-electron chi connectivity index (χ0n) is 16.7. The summed E-state index contributed by atoms with van der Waals surface area (Å²) >= 11 is 8.29. The summed E-state index contributed by atoms with van der Waals surface area (Å²) in [7, 11) is 0. The van der Waals surface area contributed by atoms with Crippen LogP contribution in [0.25, 0.3) is 0 Å². The van der Waals surface area contributed by atoms with Crippen LogP contribution >= 0.6 is 40.0 Å². The van der Waals surface area contributed by atoms with Crippen molar-refractivity contribution in [3.05, 3.63) is 74.2 Å². The molecule has 4 rings (SSSR count). The van der Waals surface area contributed by atoms with Crippen molar-refractivity contribution in [3.8, 4) is 0 Å². The van der Waals surface area contributed by atoms with Crippen LogP contribution in [0.1, 0.15) is 33.1 Å². The minimum atomic E-state index is -4.54. The lowest BCUT2D eigenvalue weighted by Crippen LogP contribution is -2.33. The lowest BCUT2D eigenvalue weighted by atomic mass is 10.1. The highest BCUT2D eigenvalue weighted by atomic mass is 127. The van der Waals surface area contributed by atoms with Crippen LogP contribution in [-0.4, -0.2) is 31.6 Å². The lowest BCUT2D eigenvalue weighted by molar-refractivity contribution is -0.138. The summed E-state index contributed by atoms with van der Waals surface area (Å²) in [6.45, 7) is 0.390. The van der Waals surface area contributed by atoms with E-state index in [1.165, 1.54) is 33.4 Å². The van der Waals surface area contributed by atoms with Crippen molar-refractivity contribution in [2.75, 3.05) is 11.4 Å². The molecule has 0 fully saturated rings. The molecule has 33 heavy (non-hydrogen) atoms. The zero-order valence-corrected chi connectivity index (χ0v) is 20.6. The predicted octanol–water partition coefficient (Wildman–Crippen LogP) is 3.61. The van der Waals surface area contributed by atoms with Gasteiger partial charge in [-0.25, -0.2) is 9.44 Å². The maximum Gasteiger partial charge on any atom is 0.416 e. The van der Waals surface area contributed by atoms with Gasteiger partial charge in [0, 0.05) is 18.7 Å². The Morgan fingerprint density at radius 3 is 2.70 bits per heavy atom. The molecule has 1 amide bonds. The number of alkyl halides is 3. The molecule has 1 aromatic carbocycles. The van der Waals surface area contributed by atoms with Gasteiger partial charge in [-0.2, -0.15) is 18.3 Å². The lowest BCUT2D eigenvalue weighted by Gasteiger charge is -2.29. The molecular formula is C19H16ClF3IN6O2P. The van der Waals surface area contributed by atoms with E-state index < -0.39 is 23.2 Å². The van der Waals surface area contributed by atoms with E-state index in [0.717, 1.165) is 6.07 Å². The first-order valence-corrected chi connectivity index (χ1v) is 14.0. The molecule has 1 unspecified atom stereocenters. The molecule has 8 nitrogen and oxygen atoms in total. The van der Waals surface area contributed by atoms with E-state index in [2.05, 4.69) is 10.1 Å². The van der Waals surface area contributed by atoms with E-state index in [0.29, 0.717) is 30.0 Å². The Labute approximate surface area is 205 Å². The average molecular weight is 611 g/mol. The Balaban J connectivity index is 1.72. The Bertz CT molecular complexity index is 1300. The minimum absolute atomic E-state index is 0.00520. The number of carbonyl (C=O) groups is 1. The van der Waals surface area contributed by atoms with Crippen LogP contribution in [0, 0.1) is 0 Å². The molecule has 0 aliphatic carbocycles. The van der Waals surface area contributed by atoms with Gasteiger partial charge in [-0.05, 0) is 33.7 Å². The number of hydrogen-bond donors (Lipinski definition) is 1. The number of primary amides is 1. The number of amides is 1. The summed E-state index contributed by atoms with van der Waals surface area (Å²) in [5, 5.41) is 4.12. The van der Waals surface area contributed by atoms with Crippen LogP contribution < -0.4 is 16.2 Å². The molecule has 1 atom stereocenters. The van der Waals surface area contributed by atoms with Crippen molar-refractivity contribution < 1.29 is 18.0 Å². The molecule has 0 bridgehead atoms.